The Balaban J connectivity index is 2.17. The molecule has 0 fully saturated rings. The van der Waals surface area contributed by atoms with E-state index in [4.69, 9.17) is 0 Å². The number of benzene rings is 3. The minimum atomic E-state index is -0.319. The molecule has 0 aliphatic heterocycles. The molecule has 0 saturated carbocycles. The van der Waals surface area contributed by atoms with Crippen molar-refractivity contribution in [2.24, 2.45) is 0 Å². The van der Waals surface area contributed by atoms with E-state index in [2.05, 4.69) is 77.1 Å². The van der Waals surface area contributed by atoms with Crippen LogP contribution in [0, 0.1) is 6.92 Å². The van der Waals surface area contributed by atoms with Gasteiger partial charge in [-0.3, -0.25) is 0 Å². The van der Waals surface area contributed by atoms with Gasteiger partial charge in [-0.15, -0.1) is 0 Å². The molecule has 0 bridgehead atoms. The molecule has 0 amide bonds. The highest BCUT2D eigenvalue weighted by atomic mass is 16.3. The molecule has 0 aromatic heterocycles. The fraction of sp³-hybridized carbons (Fsp3) is 0.240. The zero-order valence-corrected chi connectivity index (χ0v) is 16.1. The molecule has 3 aromatic rings. The molecule has 1 nitrogen and oxygen atoms in total. The van der Waals surface area contributed by atoms with E-state index in [1.165, 1.54) is 11.1 Å². The van der Waals surface area contributed by atoms with E-state index >= 15 is 0 Å². The Labute approximate surface area is 157 Å². The van der Waals surface area contributed by atoms with Crippen molar-refractivity contribution in [3.8, 4) is 5.75 Å². The summed E-state index contributed by atoms with van der Waals surface area (Å²) in [5, 5.41) is 10.8. The number of hydrogen-bond acceptors (Lipinski definition) is 1. The molecule has 0 spiro atoms. The predicted molar refractivity (Wildman–Crippen MR) is 110 cm³/mol. The van der Waals surface area contributed by atoms with E-state index in [0.717, 1.165) is 11.1 Å². The van der Waals surface area contributed by atoms with E-state index in [1.807, 2.05) is 30.3 Å². The highest BCUT2D eigenvalue weighted by Gasteiger charge is 2.31. The molecular weight excluding hydrogens is 316 g/mol. The molecule has 1 radical (unpaired) electrons. The Kier molecular flexibility index (Phi) is 4.66. The molecule has 0 aliphatic rings. The van der Waals surface area contributed by atoms with Crippen molar-refractivity contribution in [1.29, 1.82) is 0 Å². The molecule has 3 aromatic carbocycles. The normalized spacial score (nSPS) is 12.2. The first-order valence-corrected chi connectivity index (χ1v) is 9.05. The summed E-state index contributed by atoms with van der Waals surface area (Å²) in [6, 6.07) is 24.9. The standard InChI is InChI=1S/C25H27O/c1-18-16-21(24(2,3)19-12-8-6-9-13-19)17-22(23(18)26)25(4,5)20-14-10-7-11-15-20/h6-17,26H,1H2,2-5H3. The Morgan fingerprint density at radius 2 is 1.12 bits per heavy atom. The van der Waals surface area contributed by atoms with Gasteiger partial charge in [-0.1, -0.05) is 100 Å². The Morgan fingerprint density at radius 3 is 1.62 bits per heavy atom. The van der Waals surface area contributed by atoms with Gasteiger partial charge in [-0.25, -0.2) is 0 Å². The van der Waals surface area contributed by atoms with E-state index in [1.54, 1.807) is 0 Å². The lowest BCUT2D eigenvalue weighted by Gasteiger charge is -2.32. The molecule has 133 valence electrons. The van der Waals surface area contributed by atoms with Crippen molar-refractivity contribution in [1.82, 2.24) is 0 Å². The smallest absolute Gasteiger partial charge is 0.122 e. The summed E-state index contributed by atoms with van der Waals surface area (Å²) in [4.78, 5) is 0. The van der Waals surface area contributed by atoms with Gasteiger partial charge in [0.1, 0.15) is 5.75 Å². The number of aromatic hydroxyl groups is 1. The van der Waals surface area contributed by atoms with Crippen LogP contribution in [0.3, 0.4) is 0 Å². The van der Waals surface area contributed by atoms with Crippen molar-refractivity contribution >= 4 is 0 Å². The van der Waals surface area contributed by atoms with Crippen molar-refractivity contribution in [2.75, 3.05) is 0 Å². The second kappa shape index (κ2) is 6.64. The van der Waals surface area contributed by atoms with Gasteiger partial charge in [-0.2, -0.15) is 0 Å². The van der Waals surface area contributed by atoms with Gasteiger partial charge in [-0.05, 0) is 29.2 Å². The zero-order chi connectivity index (χ0) is 18.9. The molecule has 0 saturated heterocycles. The van der Waals surface area contributed by atoms with Crippen molar-refractivity contribution in [3.63, 3.8) is 0 Å². The summed E-state index contributed by atoms with van der Waals surface area (Å²) >= 11 is 0. The van der Waals surface area contributed by atoms with Gasteiger partial charge in [0, 0.05) is 16.4 Å². The third-order valence-electron chi connectivity index (χ3n) is 5.57. The molecule has 0 heterocycles. The number of rotatable bonds is 4. The fourth-order valence-corrected chi connectivity index (χ4v) is 3.56. The van der Waals surface area contributed by atoms with Crippen LogP contribution in [0.5, 0.6) is 5.75 Å². The molecule has 3 rings (SSSR count). The van der Waals surface area contributed by atoms with E-state index in [0.29, 0.717) is 5.56 Å². The van der Waals surface area contributed by atoms with Gasteiger partial charge in [0.15, 0.2) is 0 Å². The van der Waals surface area contributed by atoms with Crippen LogP contribution in [0.4, 0.5) is 0 Å². The number of hydrogen-bond donors (Lipinski definition) is 1. The van der Waals surface area contributed by atoms with Crippen molar-refractivity contribution < 1.29 is 5.11 Å². The van der Waals surface area contributed by atoms with Gasteiger partial charge < -0.3 is 5.11 Å². The maximum Gasteiger partial charge on any atom is 0.122 e. The predicted octanol–water partition coefficient (Wildman–Crippen LogP) is 6.23. The summed E-state index contributed by atoms with van der Waals surface area (Å²) in [6.07, 6.45) is 0. The van der Waals surface area contributed by atoms with Crippen molar-refractivity contribution in [2.45, 2.75) is 38.5 Å². The maximum absolute atomic E-state index is 10.8. The third kappa shape index (κ3) is 3.14. The monoisotopic (exact) mass is 343 g/mol. The minimum Gasteiger partial charge on any atom is -0.507 e. The topological polar surface area (TPSA) is 20.2 Å². The summed E-state index contributed by atoms with van der Waals surface area (Å²) in [7, 11) is 0. The highest BCUT2D eigenvalue weighted by molar-refractivity contribution is 5.55. The summed E-state index contributed by atoms with van der Waals surface area (Å²) in [5.41, 5.74) is 4.66. The van der Waals surface area contributed by atoms with E-state index in [9.17, 15) is 5.11 Å². The van der Waals surface area contributed by atoms with Crippen LogP contribution in [0.2, 0.25) is 0 Å². The van der Waals surface area contributed by atoms with Gasteiger partial charge in [0.25, 0.3) is 0 Å². The second-order valence-electron chi connectivity index (χ2n) is 8.01. The first-order chi connectivity index (χ1) is 12.2. The van der Waals surface area contributed by atoms with Crippen LogP contribution < -0.4 is 0 Å². The molecule has 0 atom stereocenters. The Bertz CT molecular complexity index is 890. The quantitative estimate of drug-likeness (QED) is 0.595. The van der Waals surface area contributed by atoms with Gasteiger partial charge >= 0.3 is 0 Å². The van der Waals surface area contributed by atoms with Gasteiger partial charge in [0.2, 0.25) is 0 Å². The third-order valence-corrected chi connectivity index (χ3v) is 5.57. The summed E-state index contributed by atoms with van der Waals surface area (Å²) < 4.78 is 0. The SMILES string of the molecule is [CH2]c1cc(C(C)(C)c2ccccc2)cc(C(C)(C)c2ccccc2)c1O. The van der Waals surface area contributed by atoms with Crippen LogP contribution in [-0.2, 0) is 10.8 Å². The Hall–Kier alpha value is -2.54. The maximum atomic E-state index is 10.8. The average Bonchev–Trinajstić information content (AvgIpc) is 2.65. The van der Waals surface area contributed by atoms with E-state index < -0.39 is 0 Å². The first kappa shape index (κ1) is 18.3. The molecule has 26 heavy (non-hydrogen) atoms. The minimum absolute atomic E-state index is 0.178. The van der Waals surface area contributed by atoms with E-state index in [-0.39, 0.29) is 16.6 Å². The van der Waals surface area contributed by atoms with Gasteiger partial charge in [0.05, 0.1) is 0 Å². The summed E-state index contributed by atoms with van der Waals surface area (Å²) in [5.74, 6) is 0.284. The lowest BCUT2D eigenvalue weighted by atomic mass is 9.72. The molecular formula is C25H27O. The van der Waals surface area contributed by atoms with Crippen LogP contribution in [-0.4, -0.2) is 5.11 Å². The van der Waals surface area contributed by atoms with Crippen molar-refractivity contribution in [3.05, 3.63) is 108 Å². The highest BCUT2D eigenvalue weighted by Crippen LogP contribution is 2.42. The lowest BCUT2D eigenvalue weighted by Crippen LogP contribution is -2.23. The van der Waals surface area contributed by atoms with Crippen LogP contribution in [0.15, 0.2) is 72.8 Å². The van der Waals surface area contributed by atoms with Crippen LogP contribution in [0.1, 0.15) is 55.5 Å². The fourth-order valence-electron chi connectivity index (χ4n) is 3.56. The largest absolute Gasteiger partial charge is 0.507 e. The summed E-state index contributed by atoms with van der Waals surface area (Å²) in [6.45, 7) is 12.8. The number of phenols is 1. The zero-order valence-electron chi connectivity index (χ0n) is 16.1. The van der Waals surface area contributed by atoms with Crippen LogP contribution >= 0.6 is 0 Å². The Morgan fingerprint density at radius 1 is 0.654 bits per heavy atom. The molecule has 1 N–H and O–H groups in total. The molecule has 0 unspecified atom stereocenters. The lowest BCUT2D eigenvalue weighted by molar-refractivity contribution is 0.449. The average molecular weight is 343 g/mol. The molecule has 1 heteroatoms. The number of phenolic OH excluding ortho intramolecular Hbond substituents is 1. The second-order valence-corrected chi connectivity index (χ2v) is 8.01. The van der Waals surface area contributed by atoms with Crippen LogP contribution in [0.25, 0.3) is 0 Å². The first-order valence-electron chi connectivity index (χ1n) is 9.05. The molecule has 0 aliphatic carbocycles.